The quantitative estimate of drug-likeness (QED) is 0.828. The van der Waals surface area contributed by atoms with Crippen molar-refractivity contribution in [1.29, 1.82) is 0 Å². The largest absolute Gasteiger partial charge is 0.543 e. The Balaban J connectivity index is 2.96. The Morgan fingerprint density at radius 3 is 2.29 bits per heavy atom. The van der Waals surface area contributed by atoms with E-state index >= 15 is 0 Å². The van der Waals surface area contributed by atoms with E-state index in [-0.39, 0.29) is 5.04 Å². The highest BCUT2D eigenvalue weighted by Gasteiger charge is 2.38. The first kappa shape index (κ1) is 14.3. The van der Waals surface area contributed by atoms with Gasteiger partial charge in [-0.2, -0.15) is 0 Å². The molecule has 0 heterocycles. The van der Waals surface area contributed by atoms with Crippen LogP contribution in [0.25, 0.3) is 0 Å². The minimum atomic E-state index is -1.74. The molecule has 2 N–H and O–H groups in total. The molecule has 0 radical (unpaired) electrons. The van der Waals surface area contributed by atoms with E-state index in [2.05, 4.69) is 59.0 Å². The zero-order chi connectivity index (χ0) is 13.3. The van der Waals surface area contributed by atoms with Crippen LogP contribution in [0.2, 0.25) is 18.1 Å². The number of benzene rings is 1. The van der Waals surface area contributed by atoms with Gasteiger partial charge in [0.2, 0.25) is 8.32 Å². The molecule has 0 unspecified atom stereocenters. The third-order valence-electron chi connectivity index (χ3n) is 3.72. The molecule has 17 heavy (non-hydrogen) atoms. The molecular weight excluding hydrogens is 226 g/mol. The molecule has 0 amide bonds. The molecule has 0 aliphatic heterocycles. The molecule has 1 aromatic carbocycles. The van der Waals surface area contributed by atoms with Gasteiger partial charge in [-0.05, 0) is 48.3 Å². The Labute approximate surface area is 106 Å². The molecule has 0 bridgehead atoms. The van der Waals surface area contributed by atoms with Crippen molar-refractivity contribution < 1.29 is 4.43 Å². The van der Waals surface area contributed by atoms with Crippen LogP contribution in [0.3, 0.4) is 0 Å². The van der Waals surface area contributed by atoms with Gasteiger partial charge in [0.15, 0.2) is 0 Å². The Morgan fingerprint density at radius 2 is 1.82 bits per heavy atom. The first-order chi connectivity index (χ1) is 7.67. The van der Waals surface area contributed by atoms with Crippen molar-refractivity contribution in [2.45, 2.75) is 52.4 Å². The van der Waals surface area contributed by atoms with Gasteiger partial charge in [0.05, 0.1) is 0 Å². The zero-order valence-corrected chi connectivity index (χ0v) is 12.9. The van der Waals surface area contributed by atoms with Gasteiger partial charge >= 0.3 is 0 Å². The van der Waals surface area contributed by atoms with E-state index in [1.807, 2.05) is 0 Å². The van der Waals surface area contributed by atoms with Crippen molar-refractivity contribution >= 4 is 8.32 Å². The van der Waals surface area contributed by atoms with Gasteiger partial charge in [0.1, 0.15) is 5.75 Å². The van der Waals surface area contributed by atoms with Crippen molar-refractivity contribution in [3.8, 4) is 5.75 Å². The van der Waals surface area contributed by atoms with Crippen LogP contribution in [0.15, 0.2) is 18.2 Å². The Hall–Kier alpha value is -0.803. The predicted molar refractivity (Wildman–Crippen MR) is 76.9 cm³/mol. The number of hydrogen-bond acceptors (Lipinski definition) is 2. The molecule has 0 spiro atoms. The summed E-state index contributed by atoms with van der Waals surface area (Å²) in [5, 5.41) is 0.223. The lowest BCUT2D eigenvalue weighted by molar-refractivity contribution is 0.491. The fraction of sp³-hybridized carbons (Fsp3) is 0.571. The average Bonchev–Trinajstić information content (AvgIpc) is 2.19. The first-order valence-electron chi connectivity index (χ1n) is 6.16. The van der Waals surface area contributed by atoms with Gasteiger partial charge in [0.25, 0.3) is 0 Å². The van der Waals surface area contributed by atoms with E-state index in [1.54, 1.807) is 0 Å². The van der Waals surface area contributed by atoms with Gasteiger partial charge < -0.3 is 10.2 Å². The van der Waals surface area contributed by atoms with Crippen LogP contribution < -0.4 is 10.2 Å². The summed E-state index contributed by atoms with van der Waals surface area (Å²) >= 11 is 0. The number of hydrogen-bond donors (Lipinski definition) is 1. The molecular formula is C14H25NOSi. The second kappa shape index (κ2) is 4.82. The van der Waals surface area contributed by atoms with Crippen molar-refractivity contribution in [2.24, 2.45) is 5.73 Å². The van der Waals surface area contributed by atoms with Crippen LogP contribution in [-0.2, 0) is 6.54 Å². The molecule has 1 aromatic rings. The normalized spacial score (nSPS) is 12.6. The van der Waals surface area contributed by atoms with Crippen LogP contribution in [0.5, 0.6) is 5.75 Å². The highest BCUT2D eigenvalue weighted by molar-refractivity contribution is 6.74. The Morgan fingerprint density at radius 1 is 1.24 bits per heavy atom. The highest BCUT2D eigenvalue weighted by Crippen LogP contribution is 2.37. The van der Waals surface area contributed by atoms with E-state index < -0.39 is 8.32 Å². The lowest BCUT2D eigenvalue weighted by Gasteiger charge is -2.36. The first-order valence-corrected chi connectivity index (χ1v) is 9.07. The molecule has 96 valence electrons. The standard InChI is InChI=1S/C14H25NOSi/c1-11-7-8-13(9-12(11)10-15)16-17(5,6)14(2,3)4/h7-9H,10,15H2,1-6H3. The summed E-state index contributed by atoms with van der Waals surface area (Å²) in [6.45, 7) is 13.9. The second-order valence-electron chi connectivity index (χ2n) is 6.15. The maximum atomic E-state index is 6.25. The fourth-order valence-corrected chi connectivity index (χ4v) is 2.40. The van der Waals surface area contributed by atoms with Crippen LogP contribution >= 0.6 is 0 Å². The molecule has 0 saturated carbocycles. The van der Waals surface area contributed by atoms with Crippen LogP contribution in [0, 0.1) is 6.92 Å². The van der Waals surface area contributed by atoms with Crippen molar-refractivity contribution in [3.63, 3.8) is 0 Å². The van der Waals surface area contributed by atoms with Crippen LogP contribution in [-0.4, -0.2) is 8.32 Å². The topological polar surface area (TPSA) is 35.2 Å². The lowest BCUT2D eigenvalue weighted by atomic mass is 10.1. The van der Waals surface area contributed by atoms with Crippen molar-refractivity contribution in [1.82, 2.24) is 0 Å². The minimum Gasteiger partial charge on any atom is -0.543 e. The summed E-state index contributed by atoms with van der Waals surface area (Å²) in [6.07, 6.45) is 0. The molecule has 2 nitrogen and oxygen atoms in total. The van der Waals surface area contributed by atoms with E-state index in [0.29, 0.717) is 6.54 Å². The van der Waals surface area contributed by atoms with Gasteiger partial charge in [-0.15, -0.1) is 0 Å². The third-order valence-corrected chi connectivity index (χ3v) is 8.08. The summed E-state index contributed by atoms with van der Waals surface area (Å²) < 4.78 is 6.25. The maximum Gasteiger partial charge on any atom is 0.250 e. The zero-order valence-electron chi connectivity index (χ0n) is 11.9. The molecule has 0 aliphatic carbocycles. The molecule has 3 heteroatoms. The molecule has 0 fully saturated rings. The van der Waals surface area contributed by atoms with E-state index in [0.717, 1.165) is 5.75 Å². The summed E-state index contributed by atoms with van der Waals surface area (Å²) in [4.78, 5) is 0. The Bertz CT molecular complexity index is 394. The lowest BCUT2D eigenvalue weighted by Crippen LogP contribution is -2.43. The fourth-order valence-electron chi connectivity index (χ4n) is 1.38. The molecule has 1 rings (SSSR count). The SMILES string of the molecule is Cc1ccc(O[Si](C)(C)C(C)(C)C)cc1CN. The molecule has 0 aliphatic rings. The average molecular weight is 251 g/mol. The highest BCUT2D eigenvalue weighted by atomic mass is 28.4. The summed E-state index contributed by atoms with van der Waals surface area (Å²) in [7, 11) is -1.74. The van der Waals surface area contributed by atoms with Crippen molar-refractivity contribution in [3.05, 3.63) is 29.3 Å². The smallest absolute Gasteiger partial charge is 0.250 e. The van der Waals surface area contributed by atoms with Gasteiger partial charge in [-0.1, -0.05) is 26.8 Å². The van der Waals surface area contributed by atoms with Gasteiger partial charge in [-0.25, -0.2) is 0 Å². The summed E-state index contributed by atoms with van der Waals surface area (Å²) in [5.41, 5.74) is 8.12. The Kier molecular flexibility index (Phi) is 4.05. The predicted octanol–water partition coefficient (Wildman–Crippen LogP) is 3.84. The molecule has 0 aromatic heterocycles. The second-order valence-corrected chi connectivity index (χ2v) is 10.9. The third kappa shape index (κ3) is 3.33. The summed E-state index contributed by atoms with van der Waals surface area (Å²) in [5.74, 6) is 0.961. The van der Waals surface area contributed by atoms with Gasteiger partial charge in [0, 0.05) is 6.54 Å². The van der Waals surface area contributed by atoms with Crippen molar-refractivity contribution in [2.75, 3.05) is 0 Å². The van der Waals surface area contributed by atoms with E-state index in [9.17, 15) is 0 Å². The van der Waals surface area contributed by atoms with Gasteiger partial charge in [-0.3, -0.25) is 0 Å². The van der Waals surface area contributed by atoms with Crippen LogP contribution in [0.1, 0.15) is 31.9 Å². The molecule has 0 saturated heterocycles. The number of nitrogens with two attached hydrogens (primary N) is 1. The number of rotatable bonds is 3. The monoisotopic (exact) mass is 251 g/mol. The maximum absolute atomic E-state index is 6.25. The minimum absolute atomic E-state index is 0.223. The number of aryl methyl sites for hydroxylation is 1. The van der Waals surface area contributed by atoms with E-state index in [1.165, 1.54) is 11.1 Å². The van der Waals surface area contributed by atoms with Crippen LogP contribution in [0.4, 0.5) is 0 Å². The van der Waals surface area contributed by atoms with E-state index in [4.69, 9.17) is 10.2 Å². The summed E-state index contributed by atoms with van der Waals surface area (Å²) in [6, 6.07) is 6.22. The molecule has 0 atom stereocenters.